The number of nitrogens with zero attached hydrogens (tertiary/aromatic N) is 4. The van der Waals surface area contributed by atoms with E-state index in [1.54, 1.807) is 23.2 Å². The molecular formula is C22H20N6O2S. The van der Waals surface area contributed by atoms with Gasteiger partial charge in [0.15, 0.2) is 5.16 Å². The number of nitrogens with one attached hydrogen (secondary N) is 2. The van der Waals surface area contributed by atoms with Crippen LogP contribution in [0.3, 0.4) is 0 Å². The summed E-state index contributed by atoms with van der Waals surface area (Å²) in [6, 6.07) is 16.7. The molecule has 2 heterocycles. The molecule has 2 N–H and O–H groups in total. The SMILES string of the molecule is CC(=O)Nc1cccc(-n2cnnc2SC(C)C(=O)Nc2cccc3ncccc23)c1. The Kier molecular flexibility index (Phi) is 5.94. The van der Waals surface area contributed by atoms with Gasteiger partial charge < -0.3 is 10.6 Å². The number of hydrogen-bond donors (Lipinski definition) is 2. The van der Waals surface area contributed by atoms with Crippen molar-refractivity contribution >= 4 is 45.9 Å². The largest absolute Gasteiger partial charge is 0.326 e. The van der Waals surface area contributed by atoms with E-state index < -0.39 is 5.25 Å². The Hall–Kier alpha value is -3.72. The fraction of sp³-hybridized carbons (Fsp3) is 0.136. The first-order valence-corrected chi connectivity index (χ1v) is 10.5. The third-order valence-electron chi connectivity index (χ3n) is 4.52. The van der Waals surface area contributed by atoms with Gasteiger partial charge in [-0.1, -0.05) is 23.9 Å². The smallest absolute Gasteiger partial charge is 0.237 e. The molecule has 0 saturated heterocycles. The summed E-state index contributed by atoms with van der Waals surface area (Å²) in [5.74, 6) is -0.299. The van der Waals surface area contributed by atoms with Crippen molar-refractivity contribution in [3.63, 3.8) is 0 Å². The van der Waals surface area contributed by atoms with Crippen LogP contribution in [0.2, 0.25) is 0 Å². The van der Waals surface area contributed by atoms with Crippen LogP contribution in [-0.2, 0) is 9.59 Å². The molecular weight excluding hydrogens is 412 g/mol. The van der Waals surface area contributed by atoms with E-state index in [1.165, 1.54) is 18.7 Å². The van der Waals surface area contributed by atoms with Gasteiger partial charge in [-0.2, -0.15) is 0 Å². The second-order valence-corrected chi connectivity index (χ2v) is 8.15. The minimum Gasteiger partial charge on any atom is -0.326 e. The monoisotopic (exact) mass is 432 g/mol. The van der Waals surface area contributed by atoms with Gasteiger partial charge in [-0.15, -0.1) is 10.2 Å². The van der Waals surface area contributed by atoms with Crippen molar-refractivity contribution in [3.05, 3.63) is 67.1 Å². The number of carbonyl (C=O) groups excluding carboxylic acids is 2. The maximum atomic E-state index is 12.8. The van der Waals surface area contributed by atoms with Crippen LogP contribution in [0, 0.1) is 0 Å². The van der Waals surface area contributed by atoms with Crippen molar-refractivity contribution in [2.45, 2.75) is 24.3 Å². The van der Waals surface area contributed by atoms with Gasteiger partial charge in [0.25, 0.3) is 0 Å². The summed E-state index contributed by atoms with van der Waals surface area (Å²) in [6.07, 6.45) is 3.30. The third kappa shape index (κ3) is 4.72. The molecule has 1 atom stereocenters. The molecule has 0 fully saturated rings. The highest BCUT2D eigenvalue weighted by atomic mass is 32.2. The van der Waals surface area contributed by atoms with Gasteiger partial charge in [-0.3, -0.25) is 19.1 Å². The highest BCUT2D eigenvalue weighted by Crippen LogP contribution is 2.27. The van der Waals surface area contributed by atoms with Crippen molar-refractivity contribution in [3.8, 4) is 5.69 Å². The van der Waals surface area contributed by atoms with Crippen LogP contribution in [0.1, 0.15) is 13.8 Å². The molecule has 0 aliphatic carbocycles. The molecule has 4 aromatic rings. The summed E-state index contributed by atoms with van der Waals surface area (Å²) in [5.41, 5.74) is 2.99. The summed E-state index contributed by atoms with van der Waals surface area (Å²) >= 11 is 1.30. The lowest BCUT2D eigenvalue weighted by Gasteiger charge is -2.14. The van der Waals surface area contributed by atoms with Crippen molar-refractivity contribution in [2.75, 3.05) is 10.6 Å². The number of pyridine rings is 1. The lowest BCUT2D eigenvalue weighted by atomic mass is 10.2. The fourth-order valence-corrected chi connectivity index (χ4v) is 3.92. The fourth-order valence-electron chi connectivity index (χ4n) is 3.08. The van der Waals surface area contributed by atoms with Crippen molar-refractivity contribution in [1.29, 1.82) is 0 Å². The Balaban J connectivity index is 1.51. The number of fused-ring (bicyclic) bond motifs is 1. The normalized spacial score (nSPS) is 11.8. The van der Waals surface area contributed by atoms with Crippen LogP contribution in [-0.4, -0.2) is 36.8 Å². The predicted molar refractivity (Wildman–Crippen MR) is 121 cm³/mol. The maximum absolute atomic E-state index is 12.8. The Labute approximate surface area is 183 Å². The van der Waals surface area contributed by atoms with Crippen LogP contribution in [0.25, 0.3) is 16.6 Å². The standard InChI is InChI=1S/C22H20N6O2S/c1-14(21(30)26-20-10-4-9-19-18(20)8-5-11-23-19)31-22-27-24-13-28(22)17-7-3-6-16(12-17)25-15(2)29/h3-14H,1-2H3,(H,25,29)(H,26,30). The molecule has 2 amide bonds. The second kappa shape index (κ2) is 8.97. The average molecular weight is 433 g/mol. The van der Waals surface area contributed by atoms with Crippen molar-refractivity contribution in [2.24, 2.45) is 0 Å². The molecule has 0 bridgehead atoms. The number of amides is 2. The van der Waals surface area contributed by atoms with Gasteiger partial charge >= 0.3 is 0 Å². The number of aromatic nitrogens is 4. The molecule has 0 spiro atoms. The zero-order chi connectivity index (χ0) is 21.8. The van der Waals surface area contributed by atoms with E-state index >= 15 is 0 Å². The number of anilines is 2. The van der Waals surface area contributed by atoms with E-state index in [9.17, 15) is 9.59 Å². The van der Waals surface area contributed by atoms with Gasteiger partial charge in [0.1, 0.15) is 6.33 Å². The second-order valence-electron chi connectivity index (χ2n) is 6.84. The maximum Gasteiger partial charge on any atom is 0.237 e. The van der Waals surface area contributed by atoms with Gasteiger partial charge in [-0.25, -0.2) is 0 Å². The molecule has 0 radical (unpaired) electrons. The number of benzene rings is 2. The first kappa shape index (κ1) is 20.5. The molecule has 31 heavy (non-hydrogen) atoms. The molecule has 8 nitrogen and oxygen atoms in total. The van der Waals surface area contributed by atoms with E-state index in [1.807, 2.05) is 55.5 Å². The van der Waals surface area contributed by atoms with E-state index in [-0.39, 0.29) is 11.8 Å². The lowest BCUT2D eigenvalue weighted by molar-refractivity contribution is -0.115. The summed E-state index contributed by atoms with van der Waals surface area (Å²) in [5, 5.41) is 14.9. The lowest BCUT2D eigenvalue weighted by Crippen LogP contribution is -2.23. The molecule has 4 rings (SSSR count). The molecule has 2 aromatic carbocycles. The van der Waals surface area contributed by atoms with Crippen molar-refractivity contribution < 1.29 is 9.59 Å². The van der Waals surface area contributed by atoms with Gasteiger partial charge in [-0.05, 0) is 49.4 Å². The van der Waals surface area contributed by atoms with Crippen LogP contribution >= 0.6 is 11.8 Å². The number of hydrogen-bond acceptors (Lipinski definition) is 6. The van der Waals surface area contributed by atoms with Crippen molar-refractivity contribution in [1.82, 2.24) is 19.7 Å². The predicted octanol–water partition coefficient (Wildman–Crippen LogP) is 3.89. The van der Waals surface area contributed by atoms with Gasteiger partial charge in [0.2, 0.25) is 11.8 Å². The van der Waals surface area contributed by atoms with Crippen LogP contribution in [0.4, 0.5) is 11.4 Å². The van der Waals surface area contributed by atoms with E-state index in [2.05, 4.69) is 25.8 Å². The summed E-state index contributed by atoms with van der Waals surface area (Å²) < 4.78 is 1.78. The van der Waals surface area contributed by atoms with Gasteiger partial charge in [0, 0.05) is 24.2 Å². The molecule has 0 aliphatic rings. The summed E-state index contributed by atoms with van der Waals surface area (Å²) in [6.45, 7) is 3.27. The average Bonchev–Trinajstić information content (AvgIpc) is 3.22. The van der Waals surface area contributed by atoms with Crippen LogP contribution in [0.15, 0.2) is 72.3 Å². The Morgan fingerprint density at radius 2 is 1.90 bits per heavy atom. The quantitative estimate of drug-likeness (QED) is 0.448. The van der Waals surface area contributed by atoms with E-state index in [4.69, 9.17) is 0 Å². The molecule has 156 valence electrons. The molecule has 2 aromatic heterocycles. The molecule has 9 heteroatoms. The number of thioether (sulfide) groups is 1. The minimum absolute atomic E-state index is 0.149. The highest BCUT2D eigenvalue weighted by molar-refractivity contribution is 8.00. The Morgan fingerprint density at radius 3 is 2.74 bits per heavy atom. The van der Waals surface area contributed by atoms with E-state index in [0.29, 0.717) is 16.5 Å². The number of rotatable bonds is 6. The number of carbonyl (C=O) groups is 2. The highest BCUT2D eigenvalue weighted by Gasteiger charge is 2.19. The zero-order valence-corrected chi connectivity index (χ0v) is 17.8. The molecule has 1 unspecified atom stereocenters. The summed E-state index contributed by atoms with van der Waals surface area (Å²) in [7, 11) is 0. The van der Waals surface area contributed by atoms with Gasteiger partial charge in [0.05, 0.1) is 22.1 Å². The first-order valence-electron chi connectivity index (χ1n) is 9.60. The third-order valence-corrected chi connectivity index (χ3v) is 5.57. The first-order chi connectivity index (χ1) is 15.0. The topological polar surface area (TPSA) is 102 Å². The minimum atomic E-state index is -0.423. The van der Waals surface area contributed by atoms with Crippen LogP contribution < -0.4 is 10.6 Å². The summed E-state index contributed by atoms with van der Waals surface area (Å²) in [4.78, 5) is 28.5. The van der Waals surface area contributed by atoms with E-state index in [0.717, 1.165) is 16.6 Å². The Bertz CT molecular complexity index is 1250. The Morgan fingerprint density at radius 1 is 1.06 bits per heavy atom. The molecule has 0 saturated carbocycles. The zero-order valence-electron chi connectivity index (χ0n) is 16.9. The van der Waals surface area contributed by atoms with Crippen LogP contribution in [0.5, 0.6) is 0 Å². The molecule has 0 aliphatic heterocycles.